The van der Waals surface area contributed by atoms with Crippen molar-refractivity contribution in [3.8, 4) is 0 Å². The largest absolute Gasteiger partial charge is 0.351 e. The predicted octanol–water partition coefficient (Wildman–Crippen LogP) is 5.12. The van der Waals surface area contributed by atoms with Gasteiger partial charge in [0.1, 0.15) is 0 Å². The van der Waals surface area contributed by atoms with E-state index in [9.17, 15) is 14.9 Å². The second kappa shape index (κ2) is 6.42. The molecular weight excluding hydrogens is 342 g/mol. The van der Waals surface area contributed by atoms with Crippen molar-refractivity contribution in [1.29, 1.82) is 0 Å². The van der Waals surface area contributed by atoms with Crippen LogP contribution in [0, 0.1) is 10.1 Å². The van der Waals surface area contributed by atoms with Crippen molar-refractivity contribution in [2.75, 3.05) is 4.90 Å². The maximum atomic E-state index is 12.3. The van der Waals surface area contributed by atoms with Gasteiger partial charge in [-0.1, -0.05) is 42.5 Å². The maximum Gasteiger partial charge on any atom is 0.323 e. The number of amides is 2. The molecule has 0 unspecified atom stereocenters. The highest BCUT2D eigenvalue weighted by Gasteiger charge is 2.20. The van der Waals surface area contributed by atoms with Crippen molar-refractivity contribution < 1.29 is 9.72 Å². The van der Waals surface area contributed by atoms with Crippen molar-refractivity contribution in [2.24, 2.45) is 5.73 Å². The minimum absolute atomic E-state index is 0.107. The summed E-state index contributed by atoms with van der Waals surface area (Å²) in [4.78, 5) is 24.2. The number of carbonyl (C=O) groups is 1. The first kappa shape index (κ1) is 16.5. The van der Waals surface area contributed by atoms with Crippen LogP contribution in [-0.4, -0.2) is 11.0 Å². The zero-order valence-electron chi connectivity index (χ0n) is 14.2. The molecule has 0 aliphatic rings. The molecule has 0 spiro atoms. The van der Waals surface area contributed by atoms with Crippen LogP contribution >= 0.6 is 0 Å². The molecule has 0 saturated carbocycles. The zero-order valence-corrected chi connectivity index (χ0v) is 14.2. The van der Waals surface area contributed by atoms with E-state index < -0.39 is 11.0 Å². The van der Waals surface area contributed by atoms with Gasteiger partial charge in [0.15, 0.2) is 0 Å². The van der Waals surface area contributed by atoms with Crippen LogP contribution in [0.2, 0.25) is 0 Å². The summed E-state index contributed by atoms with van der Waals surface area (Å²) in [6.45, 7) is 0. The smallest absolute Gasteiger partial charge is 0.323 e. The number of nitrogens with two attached hydrogens (primary N) is 1. The van der Waals surface area contributed by atoms with Gasteiger partial charge in [-0.3, -0.25) is 15.0 Å². The fourth-order valence-corrected chi connectivity index (χ4v) is 3.28. The molecule has 4 aromatic carbocycles. The molecule has 2 amide bonds. The van der Waals surface area contributed by atoms with Crippen LogP contribution in [0.3, 0.4) is 0 Å². The topological polar surface area (TPSA) is 89.5 Å². The molecule has 0 bridgehead atoms. The van der Waals surface area contributed by atoms with Gasteiger partial charge in [0.2, 0.25) is 0 Å². The molecular formula is C21H15N3O3. The van der Waals surface area contributed by atoms with E-state index in [1.54, 1.807) is 12.1 Å². The number of primary amides is 1. The SMILES string of the molecule is NC(=O)N(c1cccc([N+](=O)[O-])c1)c1cccc2cc3ccccc3cc12. The van der Waals surface area contributed by atoms with Crippen molar-refractivity contribution in [2.45, 2.75) is 0 Å². The Morgan fingerprint density at radius 3 is 2.22 bits per heavy atom. The third-order valence-electron chi connectivity index (χ3n) is 4.48. The predicted molar refractivity (Wildman–Crippen MR) is 106 cm³/mol. The number of nitrogens with zero attached hydrogens (tertiary/aromatic N) is 2. The molecule has 6 heteroatoms. The first-order valence-corrected chi connectivity index (χ1v) is 8.30. The second-order valence-corrected chi connectivity index (χ2v) is 6.15. The summed E-state index contributed by atoms with van der Waals surface area (Å²) in [5.41, 5.74) is 6.46. The number of nitro groups is 1. The molecule has 0 aliphatic heterocycles. The number of hydrogen-bond donors (Lipinski definition) is 1. The van der Waals surface area contributed by atoms with E-state index in [4.69, 9.17) is 5.73 Å². The van der Waals surface area contributed by atoms with Gasteiger partial charge in [-0.2, -0.15) is 0 Å². The Bertz CT molecular complexity index is 1200. The molecule has 4 rings (SSSR count). The Morgan fingerprint density at radius 2 is 1.52 bits per heavy atom. The molecule has 0 fully saturated rings. The lowest BCUT2D eigenvalue weighted by Gasteiger charge is -2.22. The first-order valence-electron chi connectivity index (χ1n) is 8.30. The van der Waals surface area contributed by atoms with Gasteiger partial charge in [-0.15, -0.1) is 0 Å². The summed E-state index contributed by atoms with van der Waals surface area (Å²) < 4.78 is 0. The second-order valence-electron chi connectivity index (χ2n) is 6.15. The Hall–Kier alpha value is -3.93. The average molecular weight is 357 g/mol. The minimum atomic E-state index is -0.712. The summed E-state index contributed by atoms with van der Waals surface area (Å²) in [5.74, 6) is 0. The number of hydrogen-bond acceptors (Lipinski definition) is 3. The van der Waals surface area contributed by atoms with E-state index in [1.807, 2.05) is 48.5 Å². The van der Waals surface area contributed by atoms with Crippen LogP contribution in [0.4, 0.5) is 21.9 Å². The quantitative estimate of drug-likeness (QED) is 0.313. The molecule has 4 aromatic rings. The molecule has 0 radical (unpaired) electrons. The average Bonchev–Trinajstić information content (AvgIpc) is 2.67. The molecule has 2 N–H and O–H groups in total. The highest BCUT2D eigenvalue weighted by Crippen LogP contribution is 2.35. The highest BCUT2D eigenvalue weighted by atomic mass is 16.6. The number of non-ortho nitro benzene ring substituents is 1. The Kier molecular flexibility index (Phi) is 3.93. The fourth-order valence-electron chi connectivity index (χ4n) is 3.28. The molecule has 6 nitrogen and oxygen atoms in total. The van der Waals surface area contributed by atoms with Crippen LogP contribution < -0.4 is 10.6 Å². The Morgan fingerprint density at radius 1 is 0.852 bits per heavy atom. The maximum absolute atomic E-state index is 12.3. The number of nitro benzene ring substituents is 1. The number of carbonyl (C=O) groups excluding carboxylic acids is 1. The molecule has 0 atom stereocenters. The van der Waals surface area contributed by atoms with Gasteiger partial charge < -0.3 is 5.73 Å². The summed E-state index contributed by atoms with van der Waals surface area (Å²) >= 11 is 0. The van der Waals surface area contributed by atoms with Crippen molar-refractivity contribution in [3.05, 3.63) is 89.0 Å². The van der Waals surface area contributed by atoms with Crippen molar-refractivity contribution in [1.82, 2.24) is 0 Å². The zero-order chi connectivity index (χ0) is 19.0. The van der Waals surface area contributed by atoms with Gasteiger partial charge in [-0.05, 0) is 40.4 Å². The standard InChI is InChI=1S/C21H15N3O3/c22-21(25)23(17-8-4-9-18(13-17)24(26)27)20-10-3-7-16-11-14-5-1-2-6-15(14)12-19(16)20/h1-13H,(H2,22,25). The molecule has 0 aliphatic carbocycles. The third kappa shape index (κ3) is 2.93. The van der Waals surface area contributed by atoms with E-state index in [0.29, 0.717) is 11.4 Å². The number of fused-ring (bicyclic) bond motifs is 2. The monoisotopic (exact) mass is 357 g/mol. The highest BCUT2D eigenvalue weighted by molar-refractivity contribution is 6.10. The normalized spacial score (nSPS) is 10.8. The Balaban J connectivity index is 1.97. The number of anilines is 2. The molecule has 27 heavy (non-hydrogen) atoms. The number of rotatable bonds is 3. The van der Waals surface area contributed by atoms with E-state index in [2.05, 4.69) is 0 Å². The summed E-state index contributed by atoms with van der Waals surface area (Å²) in [6, 6.07) is 22.7. The van der Waals surface area contributed by atoms with Gasteiger partial charge >= 0.3 is 6.03 Å². The Labute approximate surface area is 154 Å². The summed E-state index contributed by atoms with van der Waals surface area (Å²) in [7, 11) is 0. The van der Waals surface area contributed by atoms with Crippen LogP contribution in [0.15, 0.2) is 78.9 Å². The summed E-state index contributed by atoms with van der Waals surface area (Å²) in [6.07, 6.45) is 0. The van der Waals surface area contributed by atoms with Crippen LogP contribution in [-0.2, 0) is 0 Å². The van der Waals surface area contributed by atoms with Crippen LogP contribution in [0.25, 0.3) is 21.5 Å². The minimum Gasteiger partial charge on any atom is -0.351 e. The van der Waals surface area contributed by atoms with Gasteiger partial charge in [0, 0.05) is 17.5 Å². The third-order valence-corrected chi connectivity index (χ3v) is 4.48. The van der Waals surface area contributed by atoms with E-state index in [-0.39, 0.29) is 5.69 Å². The van der Waals surface area contributed by atoms with E-state index in [1.165, 1.54) is 23.1 Å². The number of benzene rings is 4. The molecule has 0 heterocycles. The van der Waals surface area contributed by atoms with Gasteiger partial charge in [-0.25, -0.2) is 4.79 Å². The summed E-state index contributed by atoms with van der Waals surface area (Å²) in [5, 5.41) is 15.0. The molecule has 0 aromatic heterocycles. The van der Waals surface area contributed by atoms with Crippen molar-refractivity contribution >= 4 is 44.6 Å². The first-order chi connectivity index (χ1) is 13.0. The molecule has 0 saturated heterocycles. The van der Waals surface area contributed by atoms with Crippen molar-refractivity contribution in [3.63, 3.8) is 0 Å². The van der Waals surface area contributed by atoms with Crippen LogP contribution in [0.1, 0.15) is 0 Å². The molecule has 132 valence electrons. The fraction of sp³-hybridized carbons (Fsp3) is 0. The lowest BCUT2D eigenvalue weighted by molar-refractivity contribution is -0.384. The lowest BCUT2D eigenvalue weighted by Crippen LogP contribution is -2.31. The van der Waals surface area contributed by atoms with Crippen LogP contribution in [0.5, 0.6) is 0 Å². The number of urea groups is 1. The van der Waals surface area contributed by atoms with E-state index >= 15 is 0 Å². The van der Waals surface area contributed by atoms with E-state index in [0.717, 1.165) is 21.5 Å². The van der Waals surface area contributed by atoms with Gasteiger partial charge in [0.25, 0.3) is 5.69 Å². The lowest BCUT2D eigenvalue weighted by atomic mass is 10.0. The van der Waals surface area contributed by atoms with Gasteiger partial charge in [0.05, 0.1) is 16.3 Å².